The molecule has 3 aromatic carbocycles. The number of thiazole rings is 1. The number of aliphatic hydroxyl groups excluding tert-OH is 1. The number of rotatable bonds is 15. The molecule has 0 bridgehead atoms. The van der Waals surface area contributed by atoms with E-state index in [1.165, 1.54) is 11.3 Å². The third-order valence-electron chi connectivity index (χ3n) is 7.85. The van der Waals surface area contributed by atoms with Gasteiger partial charge in [-0.3, -0.25) is 20.1 Å². The van der Waals surface area contributed by atoms with E-state index in [4.69, 9.17) is 4.74 Å². The minimum absolute atomic E-state index is 0.00719. The van der Waals surface area contributed by atoms with Gasteiger partial charge in [-0.1, -0.05) is 78.9 Å². The zero-order chi connectivity index (χ0) is 34.4. The summed E-state index contributed by atoms with van der Waals surface area (Å²) in [6.07, 6.45) is 0.394. The fourth-order valence-corrected chi connectivity index (χ4v) is 6.07. The second-order valence-corrected chi connectivity index (χ2v) is 12.3. The SMILES string of the molecule is O=C(Nc1ccccc1C(=O)N[C@@H](Cc1ccccc1)C[C@H](O)[C@H](Cc1ccccc1)N(Cc1cncs1)C(=O)[O-])OCc1ccccn1. The van der Waals surface area contributed by atoms with Gasteiger partial charge in [0.15, 0.2) is 0 Å². The van der Waals surface area contributed by atoms with Crippen molar-refractivity contribution in [2.75, 3.05) is 5.32 Å². The molecule has 0 unspecified atom stereocenters. The fourth-order valence-electron chi connectivity index (χ4n) is 5.48. The summed E-state index contributed by atoms with van der Waals surface area (Å²) in [7, 11) is 0. The van der Waals surface area contributed by atoms with Crippen LogP contribution in [0.15, 0.2) is 121 Å². The molecule has 3 atom stereocenters. The summed E-state index contributed by atoms with van der Waals surface area (Å²) >= 11 is 1.31. The van der Waals surface area contributed by atoms with Crippen LogP contribution in [0.5, 0.6) is 0 Å². The summed E-state index contributed by atoms with van der Waals surface area (Å²) in [5.74, 6) is -0.491. The number of carboxylic acid groups (broad SMARTS) is 1. The van der Waals surface area contributed by atoms with E-state index in [0.717, 1.165) is 16.0 Å². The van der Waals surface area contributed by atoms with Gasteiger partial charge in [0.25, 0.3) is 5.91 Å². The Kier molecular flexibility index (Phi) is 12.4. The molecule has 0 saturated carbocycles. The van der Waals surface area contributed by atoms with Crippen molar-refractivity contribution in [1.82, 2.24) is 20.2 Å². The van der Waals surface area contributed by atoms with E-state index in [9.17, 15) is 24.6 Å². The topological polar surface area (TPSA) is 157 Å². The second-order valence-electron chi connectivity index (χ2n) is 11.3. The number of amides is 3. The van der Waals surface area contributed by atoms with Gasteiger partial charge in [-0.25, -0.2) is 4.79 Å². The molecular formula is C37H36N5O6S-. The molecule has 252 valence electrons. The molecule has 2 aromatic heterocycles. The van der Waals surface area contributed by atoms with Crippen LogP contribution < -0.4 is 15.7 Å². The monoisotopic (exact) mass is 678 g/mol. The lowest BCUT2D eigenvalue weighted by atomic mass is 9.92. The number of benzene rings is 3. The predicted molar refractivity (Wildman–Crippen MR) is 183 cm³/mol. The zero-order valence-corrected chi connectivity index (χ0v) is 27.4. The van der Waals surface area contributed by atoms with E-state index in [1.807, 2.05) is 60.7 Å². The Bertz CT molecular complexity index is 1780. The maximum atomic E-state index is 13.8. The van der Waals surface area contributed by atoms with Crippen molar-refractivity contribution in [3.05, 3.63) is 148 Å². The molecule has 3 amide bonds. The highest BCUT2D eigenvalue weighted by Gasteiger charge is 2.30. The number of ether oxygens (including phenoxy) is 1. The molecule has 5 aromatic rings. The van der Waals surface area contributed by atoms with Gasteiger partial charge in [-0.05, 0) is 54.7 Å². The van der Waals surface area contributed by atoms with Gasteiger partial charge in [0.1, 0.15) is 12.7 Å². The Morgan fingerprint density at radius 2 is 1.55 bits per heavy atom. The number of nitrogens with zero attached hydrogens (tertiary/aromatic N) is 3. The normalized spacial score (nSPS) is 12.7. The fraction of sp³-hybridized carbons (Fsp3) is 0.216. The zero-order valence-electron chi connectivity index (χ0n) is 26.6. The van der Waals surface area contributed by atoms with Gasteiger partial charge in [0.2, 0.25) is 0 Å². The van der Waals surface area contributed by atoms with Gasteiger partial charge in [0.05, 0.1) is 41.1 Å². The molecule has 49 heavy (non-hydrogen) atoms. The van der Waals surface area contributed by atoms with Gasteiger partial charge in [0, 0.05) is 23.3 Å². The van der Waals surface area contributed by atoms with Crippen LogP contribution in [-0.4, -0.2) is 56.3 Å². The minimum Gasteiger partial charge on any atom is -0.530 e. The minimum atomic E-state index is -1.42. The van der Waals surface area contributed by atoms with E-state index in [1.54, 1.807) is 60.4 Å². The summed E-state index contributed by atoms with van der Waals surface area (Å²) in [4.78, 5) is 49.0. The molecule has 11 nitrogen and oxygen atoms in total. The Hall–Kier alpha value is -5.59. The standard InChI is InChI=1S/C37H37N5O6S/c43-34(33(20-27-13-5-2-6-14-27)42(37(46)47)23-30-22-38-25-49-30)21-29(19-26-11-3-1-4-12-26)40-35(44)31-16-7-8-17-32(31)41-36(45)48-24-28-15-9-10-18-39-28/h1-18,22,25,29,33-34,43H,19-21,23-24H2,(H,40,44)(H,41,45)(H,46,47)/p-1/t29-,33-,34-/m0/s1. The average Bonchev–Trinajstić information content (AvgIpc) is 3.64. The Morgan fingerprint density at radius 3 is 2.20 bits per heavy atom. The van der Waals surface area contributed by atoms with Crippen LogP contribution in [0, 0.1) is 0 Å². The number of para-hydroxylation sites is 1. The number of hydrogen-bond donors (Lipinski definition) is 3. The third-order valence-corrected chi connectivity index (χ3v) is 8.61. The van der Waals surface area contributed by atoms with Crippen LogP contribution in [0.4, 0.5) is 15.3 Å². The smallest absolute Gasteiger partial charge is 0.412 e. The molecule has 5 rings (SSSR count). The number of pyridine rings is 1. The van der Waals surface area contributed by atoms with E-state index in [2.05, 4.69) is 20.6 Å². The predicted octanol–water partition coefficient (Wildman–Crippen LogP) is 4.84. The van der Waals surface area contributed by atoms with Crippen molar-refractivity contribution >= 4 is 35.1 Å². The van der Waals surface area contributed by atoms with E-state index in [-0.39, 0.29) is 37.2 Å². The summed E-state index contributed by atoms with van der Waals surface area (Å²) in [6.45, 7) is -0.0547. The average molecular weight is 679 g/mol. The number of anilines is 1. The second kappa shape index (κ2) is 17.5. The molecular weight excluding hydrogens is 643 g/mol. The molecule has 2 heterocycles. The molecule has 0 aliphatic carbocycles. The molecule has 0 spiro atoms. The van der Waals surface area contributed by atoms with Crippen molar-refractivity contribution in [3.8, 4) is 0 Å². The maximum absolute atomic E-state index is 13.8. The van der Waals surface area contributed by atoms with Crippen molar-refractivity contribution in [3.63, 3.8) is 0 Å². The van der Waals surface area contributed by atoms with Crippen molar-refractivity contribution in [1.29, 1.82) is 0 Å². The number of nitrogens with one attached hydrogen (secondary N) is 2. The Balaban J connectivity index is 1.36. The van der Waals surface area contributed by atoms with Crippen LogP contribution in [0.2, 0.25) is 0 Å². The summed E-state index contributed by atoms with van der Waals surface area (Å²) < 4.78 is 5.30. The number of aliphatic hydroxyl groups is 1. The molecule has 0 aliphatic heterocycles. The van der Waals surface area contributed by atoms with Gasteiger partial charge in [-0.15, -0.1) is 11.3 Å². The number of aromatic nitrogens is 2. The van der Waals surface area contributed by atoms with Crippen LogP contribution in [0.1, 0.15) is 38.5 Å². The maximum Gasteiger partial charge on any atom is 0.412 e. The van der Waals surface area contributed by atoms with Crippen molar-refractivity contribution < 1.29 is 29.3 Å². The highest BCUT2D eigenvalue weighted by atomic mass is 32.1. The van der Waals surface area contributed by atoms with Crippen molar-refractivity contribution in [2.45, 2.75) is 50.6 Å². The summed E-state index contributed by atoms with van der Waals surface area (Å²) in [5, 5.41) is 30.0. The quantitative estimate of drug-likeness (QED) is 0.142. The number of carbonyl (C=O) groups excluding carboxylic acids is 3. The van der Waals surface area contributed by atoms with E-state index >= 15 is 0 Å². The molecule has 3 N–H and O–H groups in total. The molecule has 0 aliphatic rings. The highest BCUT2D eigenvalue weighted by molar-refractivity contribution is 7.09. The first-order chi connectivity index (χ1) is 23.9. The lowest BCUT2D eigenvalue weighted by Crippen LogP contribution is -2.54. The molecule has 0 radical (unpaired) electrons. The molecule has 12 heteroatoms. The molecule has 0 fully saturated rings. The van der Waals surface area contributed by atoms with Crippen molar-refractivity contribution in [2.24, 2.45) is 0 Å². The van der Waals surface area contributed by atoms with Crippen LogP contribution >= 0.6 is 11.3 Å². The largest absolute Gasteiger partial charge is 0.530 e. The first-order valence-electron chi connectivity index (χ1n) is 15.7. The highest BCUT2D eigenvalue weighted by Crippen LogP contribution is 2.22. The van der Waals surface area contributed by atoms with Crippen LogP contribution in [0.3, 0.4) is 0 Å². The van der Waals surface area contributed by atoms with Gasteiger partial charge in [-0.2, -0.15) is 0 Å². The first-order valence-corrected chi connectivity index (χ1v) is 16.6. The lowest BCUT2D eigenvalue weighted by Gasteiger charge is -2.38. The van der Waals surface area contributed by atoms with Gasteiger partial charge < -0.3 is 30.0 Å². The lowest BCUT2D eigenvalue weighted by molar-refractivity contribution is -0.270. The first kappa shape index (κ1) is 34.7. The molecule has 0 saturated heterocycles. The summed E-state index contributed by atoms with van der Waals surface area (Å²) in [5.41, 5.74) is 4.35. The van der Waals surface area contributed by atoms with E-state index in [0.29, 0.717) is 17.0 Å². The Labute approximate surface area is 288 Å². The Morgan fingerprint density at radius 1 is 0.878 bits per heavy atom. The van der Waals surface area contributed by atoms with E-state index < -0.39 is 36.3 Å². The third kappa shape index (κ3) is 10.4. The van der Waals surface area contributed by atoms with Gasteiger partial charge >= 0.3 is 6.09 Å². The summed E-state index contributed by atoms with van der Waals surface area (Å²) in [6, 6.07) is 29.0. The number of carbonyl (C=O) groups is 3. The van der Waals surface area contributed by atoms with Crippen LogP contribution in [-0.2, 0) is 30.7 Å². The van der Waals surface area contributed by atoms with Crippen LogP contribution in [0.25, 0.3) is 0 Å². The number of hydrogen-bond acceptors (Lipinski definition) is 9.